The van der Waals surface area contributed by atoms with Crippen LogP contribution in [0.15, 0.2) is 47.6 Å². The van der Waals surface area contributed by atoms with Crippen molar-refractivity contribution in [1.82, 2.24) is 4.90 Å². The molecule has 0 aromatic rings. The second kappa shape index (κ2) is 28.5. The molecule has 430 valence electrons. The minimum atomic E-state index is -2.48. The van der Waals surface area contributed by atoms with E-state index in [1.54, 1.807) is 40.9 Å². The van der Waals surface area contributed by atoms with E-state index in [-0.39, 0.29) is 49.0 Å². The van der Waals surface area contributed by atoms with E-state index in [9.17, 15) is 54.6 Å². The number of rotatable bonds is 9. The van der Waals surface area contributed by atoms with Crippen molar-refractivity contribution in [2.75, 3.05) is 41.1 Å². The number of methoxy groups -OCH3 is 3. The van der Waals surface area contributed by atoms with E-state index in [1.165, 1.54) is 14.2 Å². The van der Waals surface area contributed by atoms with Crippen molar-refractivity contribution in [3.8, 4) is 0 Å². The highest BCUT2D eigenvalue weighted by Crippen LogP contribution is 2.39. The molecule has 76 heavy (non-hydrogen) atoms. The Morgan fingerprint density at radius 1 is 0.816 bits per heavy atom. The first-order valence-corrected chi connectivity index (χ1v) is 27.4. The fourth-order valence-corrected chi connectivity index (χ4v) is 11.6. The van der Waals surface area contributed by atoms with Gasteiger partial charge in [0.25, 0.3) is 11.7 Å². The predicted octanol–water partition coefficient (Wildman–Crippen LogP) is 4.01. The van der Waals surface area contributed by atoms with Gasteiger partial charge in [0.05, 0.1) is 31.0 Å². The van der Waals surface area contributed by atoms with E-state index in [0.717, 1.165) is 10.5 Å². The third-order valence-electron chi connectivity index (χ3n) is 16.7. The molecule has 19 atom stereocenters. The summed E-state index contributed by atoms with van der Waals surface area (Å²) in [5, 5.41) is 65.7. The zero-order chi connectivity index (χ0) is 56.2. The van der Waals surface area contributed by atoms with E-state index in [0.29, 0.717) is 57.8 Å². The van der Waals surface area contributed by atoms with Gasteiger partial charge in [0.1, 0.15) is 55.1 Å². The number of allylic oxidation sites excluding steroid dienone is 6. The van der Waals surface area contributed by atoms with Crippen LogP contribution in [0.25, 0.3) is 0 Å². The molecule has 0 radical (unpaired) electrons. The van der Waals surface area contributed by atoms with Crippen LogP contribution in [0.2, 0.25) is 0 Å². The summed E-state index contributed by atoms with van der Waals surface area (Å²) in [7, 11) is 4.39. The molecule has 6 N–H and O–H groups in total. The van der Waals surface area contributed by atoms with Gasteiger partial charge < -0.3 is 68.7 Å². The Kier molecular flexibility index (Phi) is 23.8. The van der Waals surface area contributed by atoms with Crippen LogP contribution in [0.3, 0.4) is 0 Å². The second-order valence-corrected chi connectivity index (χ2v) is 22.5. The van der Waals surface area contributed by atoms with E-state index in [1.807, 2.05) is 51.2 Å². The van der Waals surface area contributed by atoms with Crippen LogP contribution in [0.4, 0.5) is 0 Å². The van der Waals surface area contributed by atoms with Crippen molar-refractivity contribution in [3.05, 3.63) is 47.6 Å². The number of ether oxygens (including phenoxy) is 7. The van der Waals surface area contributed by atoms with Crippen molar-refractivity contribution in [2.45, 2.75) is 204 Å². The maximum Gasteiger partial charge on any atom is 0.329 e. The zero-order valence-electron chi connectivity index (χ0n) is 46.4. The number of carbonyl (C=O) groups excluding carboxylic acids is 5. The van der Waals surface area contributed by atoms with Crippen LogP contribution >= 0.6 is 0 Å². The Labute approximate surface area is 449 Å². The summed E-state index contributed by atoms with van der Waals surface area (Å²) in [4.78, 5) is 73.7. The molecule has 3 unspecified atom stereocenters. The quantitative estimate of drug-likeness (QED) is 0.108. The second-order valence-electron chi connectivity index (χ2n) is 22.5. The zero-order valence-corrected chi connectivity index (χ0v) is 46.4. The third-order valence-corrected chi connectivity index (χ3v) is 16.7. The summed E-state index contributed by atoms with van der Waals surface area (Å²) in [5.41, 5.74) is 1.09. The Hall–Kier alpha value is -3.57. The van der Waals surface area contributed by atoms with Gasteiger partial charge in [0, 0.05) is 58.5 Å². The van der Waals surface area contributed by atoms with Gasteiger partial charge in [-0.15, -0.1) is 0 Å². The van der Waals surface area contributed by atoms with Crippen molar-refractivity contribution < 1.29 is 87.8 Å². The number of aliphatic hydroxyl groups excluding tert-OH is 5. The van der Waals surface area contributed by atoms with Gasteiger partial charge in [-0.05, 0) is 107 Å². The lowest BCUT2D eigenvalue weighted by Crippen LogP contribution is -2.65. The highest BCUT2D eigenvalue weighted by Gasteiger charge is 2.55. The topological polar surface area (TPSA) is 275 Å². The average molecular weight is 1080 g/mol. The molecule has 2 bridgehead atoms. The van der Waals surface area contributed by atoms with Crippen molar-refractivity contribution >= 4 is 29.2 Å². The highest BCUT2D eigenvalue weighted by atomic mass is 16.7. The van der Waals surface area contributed by atoms with Gasteiger partial charge >= 0.3 is 5.97 Å². The SMILES string of the molecule is CO[C@H]1C[C@@H]2CC[C@@H](C)[C@@](O)(O2)C(=O)C(=O)N2CCCCC2C(=O)O[C@H]([C@H](C)CC2CC[C@@H](O)[C@H](OC)C2)CC(=O)[C@H](C)/C=C(\C)[C@@H](OC2(CO)OC[C@@H](O)[C@H](O)[C@H]2O)[C@@H](OC)C(=O)[C@H](C)C[C@H](C)/C=C/C=C/C=C/1C. The molecule has 0 aromatic heterocycles. The minimum absolute atomic E-state index is 0.0326. The molecule has 1 aliphatic carbocycles. The number of ketones is 3. The first-order valence-electron chi connectivity index (χ1n) is 27.4. The smallest absolute Gasteiger partial charge is 0.329 e. The molecule has 19 heteroatoms. The molecule has 4 fully saturated rings. The van der Waals surface area contributed by atoms with Gasteiger partial charge in [-0.1, -0.05) is 71.1 Å². The first kappa shape index (κ1) is 63.3. The van der Waals surface area contributed by atoms with E-state index in [4.69, 9.17) is 33.2 Å². The number of nitrogens with zero attached hydrogens (tertiary/aromatic N) is 1. The molecule has 0 aromatic carbocycles. The number of carbonyl (C=O) groups is 5. The summed E-state index contributed by atoms with van der Waals surface area (Å²) in [5.74, 6) is -11.5. The molecule has 3 saturated heterocycles. The largest absolute Gasteiger partial charge is 0.460 e. The molecule has 19 nitrogen and oxygen atoms in total. The van der Waals surface area contributed by atoms with Crippen LogP contribution in [-0.2, 0) is 57.1 Å². The number of esters is 1. The highest BCUT2D eigenvalue weighted by molar-refractivity contribution is 6.39. The monoisotopic (exact) mass is 1080 g/mol. The summed E-state index contributed by atoms with van der Waals surface area (Å²) in [6, 6.07) is -1.22. The Bertz CT molecular complexity index is 2090. The number of fused-ring (bicyclic) bond motifs is 3. The molecule has 1 saturated carbocycles. The summed E-state index contributed by atoms with van der Waals surface area (Å²) < 4.78 is 41.9. The number of amides is 1. The lowest BCUT2D eigenvalue weighted by molar-refractivity contribution is -0.361. The lowest BCUT2D eigenvalue weighted by atomic mass is 9.78. The maximum atomic E-state index is 14.6. The standard InChI is InChI=1S/C57H89NO18/c1-32-16-12-11-13-17-33(2)45(70-8)28-40-21-19-38(7)57(69,75-40)53(66)54(67)58-23-15-14-18-41(58)55(68)74-46(35(4)26-39-20-22-42(60)47(27-39)71-9)29-43(61)34(3)25-37(6)50(51(72-10)48(63)36(5)24-32)76-56(31-59)52(65)49(64)44(62)30-73-56/h11-13,16-17,25,32,34-36,38-42,44-47,49-52,59-60,62,64-65,69H,14-15,18-24,26-31H2,1-10H3/b13-11+,16-12+,33-17+,37-25+/t32-,34-,35-,36-,38-,39?,40+,41?,42-,44-,45+,46+,47-,49+,50-,51+,52-,56?,57-/m1/s1. The van der Waals surface area contributed by atoms with Gasteiger partial charge in [-0.3, -0.25) is 19.2 Å². The first-order chi connectivity index (χ1) is 35.9. The van der Waals surface area contributed by atoms with Crippen molar-refractivity contribution in [3.63, 3.8) is 0 Å². The fourth-order valence-electron chi connectivity index (χ4n) is 11.6. The van der Waals surface area contributed by atoms with Gasteiger partial charge in [0.15, 0.2) is 5.78 Å². The Balaban J connectivity index is 1.57. The van der Waals surface area contributed by atoms with E-state index in [2.05, 4.69) is 0 Å². The maximum absolute atomic E-state index is 14.6. The number of Topliss-reactive ketones (excluding diaryl/α,β-unsaturated/α-hetero) is 3. The predicted molar refractivity (Wildman–Crippen MR) is 278 cm³/mol. The molecule has 5 aliphatic rings. The van der Waals surface area contributed by atoms with Crippen LogP contribution in [0.5, 0.6) is 0 Å². The summed E-state index contributed by atoms with van der Waals surface area (Å²) in [6.07, 6.45) is 4.08. The summed E-state index contributed by atoms with van der Waals surface area (Å²) >= 11 is 0. The lowest BCUT2D eigenvalue weighted by Gasteiger charge is -2.46. The van der Waals surface area contributed by atoms with Crippen molar-refractivity contribution in [2.24, 2.45) is 35.5 Å². The third kappa shape index (κ3) is 15.4. The molecular weight excluding hydrogens is 987 g/mol. The number of cyclic esters (lactones) is 1. The molecular formula is C57H89NO18. The van der Waals surface area contributed by atoms with Crippen LogP contribution in [0, 0.1) is 35.5 Å². The molecule has 5 rings (SSSR count). The number of hydrogen-bond acceptors (Lipinski definition) is 18. The molecule has 0 spiro atoms. The van der Waals surface area contributed by atoms with Gasteiger partial charge in [-0.2, -0.15) is 0 Å². The number of hydrogen-bond donors (Lipinski definition) is 6. The van der Waals surface area contributed by atoms with Crippen LogP contribution in [0.1, 0.15) is 126 Å². The fraction of sp³-hybridized carbons (Fsp3) is 0.772. The van der Waals surface area contributed by atoms with Crippen molar-refractivity contribution in [1.29, 1.82) is 0 Å². The van der Waals surface area contributed by atoms with Gasteiger partial charge in [0.2, 0.25) is 11.6 Å². The molecule has 4 heterocycles. The van der Waals surface area contributed by atoms with Crippen LogP contribution < -0.4 is 0 Å². The summed E-state index contributed by atoms with van der Waals surface area (Å²) in [6.45, 7) is 10.8. The minimum Gasteiger partial charge on any atom is -0.460 e. The Morgan fingerprint density at radius 2 is 1.54 bits per heavy atom. The molecule has 1 amide bonds. The van der Waals surface area contributed by atoms with E-state index < -0.39 is 139 Å². The normalized spacial score (nSPS) is 42.4. The molecule has 4 aliphatic heterocycles. The van der Waals surface area contributed by atoms with E-state index >= 15 is 0 Å². The van der Waals surface area contributed by atoms with Gasteiger partial charge in [-0.25, -0.2) is 4.79 Å². The Morgan fingerprint density at radius 3 is 2.21 bits per heavy atom. The number of piperidine rings is 1. The average Bonchev–Trinajstić information content (AvgIpc) is 3.40. The van der Waals surface area contributed by atoms with Crippen LogP contribution in [-0.4, -0.2) is 185 Å². The number of aliphatic hydroxyl groups is 6.